The molecule has 1 aromatic heterocycles. The van der Waals surface area contributed by atoms with Gasteiger partial charge in [0.05, 0.1) is 11.1 Å². The first kappa shape index (κ1) is 13.8. The van der Waals surface area contributed by atoms with E-state index in [9.17, 15) is 4.39 Å². The number of hydrogen-bond acceptors (Lipinski definition) is 3. The summed E-state index contributed by atoms with van der Waals surface area (Å²) < 4.78 is 13.9. The second-order valence-corrected chi connectivity index (χ2v) is 5.00. The van der Waals surface area contributed by atoms with Crippen LogP contribution in [0.4, 0.5) is 10.2 Å². The predicted molar refractivity (Wildman–Crippen MR) is 84.1 cm³/mol. The molecule has 0 aliphatic rings. The molecule has 0 saturated heterocycles. The zero-order valence-electron chi connectivity index (χ0n) is 11.4. The molecule has 0 fully saturated rings. The third kappa shape index (κ3) is 2.67. The lowest BCUT2D eigenvalue weighted by atomic mass is 10.1. The number of nitrogens with zero attached hydrogens (tertiary/aromatic N) is 2. The maximum Gasteiger partial charge on any atom is 0.165 e. The molecule has 0 bridgehead atoms. The first-order valence-corrected chi connectivity index (χ1v) is 7.03. The summed E-state index contributed by atoms with van der Waals surface area (Å²) >= 11 is 6.03. The third-order valence-corrected chi connectivity index (χ3v) is 3.35. The van der Waals surface area contributed by atoms with Gasteiger partial charge in [0.1, 0.15) is 11.6 Å². The highest BCUT2D eigenvalue weighted by Gasteiger charge is 2.12. The molecule has 0 atom stereocenters. The highest BCUT2D eigenvalue weighted by atomic mass is 35.5. The van der Waals surface area contributed by atoms with Gasteiger partial charge in [0.2, 0.25) is 0 Å². The van der Waals surface area contributed by atoms with Gasteiger partial charge in [0.15, 0.2) is 5.82 Å². The van der Waals surface area contributed by atoms with Gasteiger partial charge in [0.25, 0.3) is 0 Å². The van der Waals surface area contributed by atoms with Gasteiger partial charge in [-0.15, -0.1) is 0 Å². The Hall–Kier alpha value is -2.20. The SMILES string of the molecule is CCNc1nc(-c2ccccc2F)nc2ccc(Cl)cc12. The molecule has 1 N–H and O–H groups in total. The van der Waals surface area contributed by atoms with Gasteiger partial charge in [-0.05, 0) is 37.3 Å². The van der Waals surface area contributed by atoms with Crippen LogP contribution in [0.15, 0.2) is 42.5 Å². The Morgan fingerprint density at radius 1 is 1.14 bits per heavy atom. The topological polar surface area (TPSA) is 37.8 Å². The minimum atomic E-state index is -0.340. The fraction of sp³-hybridized carbons (Fsp3) is 0.125. The number of rotatable bonds is 3. The van der Waals surface area contributed by atoms with Gasteiger partial charge in [-0.1, -0.05) is 23.7 Å². The zero-order valence-corrected chi connectivity index (χ0v) is 12.2. The summed E-state index contributed by atoms with van der Waals surface area (Å²) in [5, 5.41) is 4.61. The lowest BCUT2D eigenvalue weighted by Gasteiger charge is -2.10. The molecule has 3 nitrogen and oxygen atoms in total. The molecular formula is C16H13ClFN3. The van der Waals surface area contributed by atoms with Crippen molar-refractivity contribution in [2.45, 2.75) is 6.92 Å². The molecule has 0 aliphatic heterocycles. The van der Waals surface area contributed by atoms with Crippen LogP contribution in [-0.4, -0.2) is 16.5 Å². The van der Waals surface area contributed by atoms with Crippen molar-refractivity contribution in [3.05, 3.63) is 53.3 Å². The van der Waals surface area contributed by atoms with Gasteiger partial charge in [-0.2, -0.15) is 0 Å². The van der Waals surface area contributed by atoms with Gasteiger partial charge in [-0.25, -0.2) is 14.4 Å². The van der Waals surface area contributed by atoms with E-state index in [0.717, 1.165) is 10.9 Å². The molecule has 0 unspecified atom stereocenters. The lowest BCUT2D eigenvalue weighted by molar-refractivity contribution is 0.630. The van der Waals surface area contributed by atoms with Crippen LogP contribution in [0, 0.1) is 5.82 Å². The maximum absolute atomic E-state index is 13.9. The second kappa shape index (κ2) is 5.66. The molecular weight excluding hydrogens is 289 g/mol. The Morgan fingerprint density at radius 2 is 1.95 bits per heavy atom. The molecule has 1 heterocycles. The number of fused-ring (bicyclic) bond motifs is 1. The van der Waals surface area contributed by atoms with E-state index >= 15 is 0 Å². The Morgan fingerprint density at radius 3 is 2.71 bits per heavy atom. The molecule has 106 valence electrons. The summed E-state index contributed by atoms with van der Waals surface area (Å²) in [4.78, 5) is 8.88. The van der Waals surface area contributed by atoms with Gasteiger partial charge < -0.3 is 5.32 Å². The van der Waals surface area contributed by atoms with E-state index in [1.54, 1.807) is 30.3 Å². The molecule has 0 amide bonds. The summed E-state index contributed by atoms with van der Waals surface area (Å²) in [5.41, 5.74) is 1.11. The van der Waals surface area contributed by atoms with Crippen LogP contribution < -0.4 is 5.32 Å². The normalized spacial score (nSPS) is 10.8. The van der Waals surface area contributed by atoms with Crippen molar-refractivity contribution in [1.29, 1.82) is 0 Å². The summed E-state index contributed by atoms with van der Waals surface area (Å²) in [6.45, 7) is 2.68. The van der Waals surface area contributed by atoms with Crippen molar-refractivity contribution in [3.63, 3.8) is 0 Å². The fourth-order valence-electron chi connectivity index (χ4n) is 2.17. The Bertz CT molecular complexity index is 805. The van der Waals surface area contributed by atoms with E-state index in [1.165, 1.54) is 6.07 Å². The van der Waals surface area contributed by atoms with Gasteiger partial charge in [0, 0.05) is 17.0 Å². The Balaban J connectivity index is 2.26. The van der Waals surface area contributed by atoms with E-state index in [-0.39, 0.29) is 5.82 Å². The number of hydrogen-bond donors (Lipinski definition) is 1. The molecule has 2 aromatic carbocycles. The standard InChI is InChI=1S/C16H13ClFN3/c1-2-19-15-12-9-10(17)7-8-14(12)20-16(21-15)11-5-3-4-6-13(11)18/h3-9H,2H2,1H3,(H,19,20,21). The summed E-state index contributed by atoms with van der Waals surface area (Å²) in [5.74, 6) is 0.676. The van der Waals surface area contributed by atoms with Crippen molar-refractivity contribution in [2.75, 3.05) is 11.9 Å². The second-order valence-electron chi connectivity index (χ2n) is 4.57. The third-order valence-electron chi connectivity index (χ3n) is 3.12. The van der Waals surface area contributed by atoms with E-state index in [4.69, 9.17) is 11.6 Å². The van der Waals surface area contributed by atoms with Crippen LogP contribution in [-0.2, 0) is 0 Å². The lowest BCUT2D eigenvalue weighted by Crippen LogP contribution is -2.03. The van der Waals surface area contributed by atoms with Crippen LogP contribution in [0.1, 0.15) is 6.92 Å². The minimum Gasteiger partial charge on any atom is -0.370 e. The fourth-order valence-corrected chi connectivity index (χ4v) is 2.34. The van der Waals surface area contributed by atoms with E-state index in [0.29, 0.717) is 28.8 Å². The first-order valence-electron chi connectivity index (χ1n) is 6.65. The summed E-state index contributed by atoms with van der Waals surface area (Å²) in [6.07, 6.45) is 0. The molecule has 0 radical (unpaired) electrons. The Kier molecular flexibility index (Phi) is 3.71. The largest absolute Gasteiger partial charge is 0.370 e. The van der Waals surface area contributed by atoms with Gasteiger partial charge >= 0.3 is 0 Å². The Labute approximate surface area is 126 Å². The number of aromatic nitrogens is 2. The quantitative estimate of drug-likeness (QED) is 0.773. The van der Waals surface area contributed by atoms with Gasteiger partial charge in [-0.3, -0.25) is 0 Å². The van der Waals surface area contributed by atoms with Crippen molar-refractivity contribution in [3.8, 4) is 11.4 Å². The maximum atomic E-state index is 13.9. The number of benzene rings is 2. The van der Waals surface area contributed by atoms with Crippen LogP contribution in [0.2, 0.25) is 5.02 Å². The average molecular weight is 302 g/mol. The first-order chi connectivity index (χ1) is 10.2. The highest BCUT2D eigenvalue weighted by Crippen LogP contribution is 2.28. The van der Waals surface area contributed by atoms with Crippen LogP contribution in [0.25, 0.3) is 22.3 Å². The van der Waals surface area contributed by atoms with Crippen LogP contribution in [0.5, 0.6) is 0 Å². The van der Waals surface area contributed by atoms with Crippen molar-refractivity contribution in [2.24, 2.45) is 0 Å². The number of halogens is 2. The molecule has 21 heavy (non-hydrogen) atoms. The van der Waals surface area contributed by atoms with E-state index < -0.39 is 0 Å². The van der Waals surface area contributed by atoms with E-state index in [2.05, 4.69) is 15.3 Å². The zero-order chi connectivity index (χ0) is 14.8. The molecule has 0 aliphatic carbocycles. The van der Waals surface area contributed by atoms with Crippen LogP contribution >= 0.6 is 11.6 Å². The summed E-state index contributed by atoms with van der Waals surface area (Å²) in [6, 6.07) is 11.9. The summed E-state index contributed by atoms with van der Waals surface area (Å²) in [7, 11) is 0. The minimum absolute atomic E-state index is 0.340. The van der Waals surface area contributed by atoms with Crippen LogP contribution in [0.3, 0.4) is 0 Å². The monoisotopic (exact) mass is 301 g/mol. The highest BCUT2D eigenvalue weighted by molar-refractivity contribution is 6.31. The molecule has 3 aromatic rings. The smallest absolute Gasteiger partial charge is 0.165 e. The predicted octanol–water partition coefficient (Wildman–Crippen LogP) is 4.52. The van der Waals surface area contributed by atoms with Crippen molar-refractivity contribution < 1.29 is 4.39 Å². The van der Waals surface area contributed by atoms with E-state index in [1.807, 2.05) is 13.0 Å². The number of nitrogens with one attached hydrogen (secondary N) is 1. The molecule has 0 spiro atoms. The van der Waals surface area contributed by atoms with Crippen molar-refractivity contribution in [1.82, 2.24) is 9.97 Å². The molecule has 3 rings (SSSR count). The average Bonchev–Trinajstić information content (AvgIpc) is 2.48. The number of anilines is 1. The molecule has 5 heteroatoms. The molecule has 0 saturated carbocycles. The van der Waals surface area contributed by atoms with Crippen molar-refractivity contribution >= 4 is 28.3 Å².